The number of aliphatic hydroxyl groups excluding tert-OH is 1. The van der Waals surface area contributed by atoms with Crippen molar-refractivity contribution in [3.8, 4) is 0 Å². The molecule has 190 valence electrons. The van der Waals surface area contributed by atoms with Crippen molar-refractivity contribution in [2.24, 2.45) is 0 Å². The third kappa shape index (κ3) is 9.01. The second-order valence-electron chi connectivity index (χ2n) is 8.92. The van der Waals surface area contributed by atoms with E-state index in [1.54, 1.807) is 39.8 Å². The molecule has 0 aliphatic rings. The van der Waals surface area contributed by atoms with Crippen LogP contribution < -0.4 is 10.6 Å². The Hall–Kier alpha value is -3.14. The van der Waals surface area contributed by atoms with E-state index in [-0.39, 0.29) is 19.6 Å². The highest BCUT2D eigenvalue weighted by Gasteiger charge is 2.34. The molecule has 0 saturated heterocycles. The summed E-state index contributed by atoms with van der Waals surface area (Å²) in [4.78, 5) is 51.2. The molecule has 10 heteroatoms. The number of ether oxygens (including phenoxy) is 2. The molecule has 0 fully saturated rings. The van der Waals surface area contributed by atoms with E-state index < -0.39 is 48.2 Å². The fourth-order valence-corrected chi connectivity index (χ4v) is 3.11. The Morgan fingerprint density at radius 2 is 1.76 bits per heavy atom. The summed E-state index contributed by atoms with van der Waals surface area (Å²) < 4.78 is 10.0. The lowest BCUT2D eigenvalue weighted by atomic mass is 9.99. The second-order valence-corrected chi connectivity index (χ2v) is 8.92. The van der Waals surface area contributed by atoms with E-state index in [1.807, 2.05) is 19.9 Å². The molecule has 1 rings (SSSR count). The number of nitrogens with zero attached hydrogens (tertiary/aromatic N) is 1. The van der Waals surface area contributed by atoms with Gasteiger partial charge in [0.15, 0.2) is 0 Å². The standard InChI is InChI=1S/C24H37N3O7/c1-8-33-19(29)11-12-25-21(30)20(17-10-9-15(2)16(3)13-17)27(7)22(31)18(14-28)26-23(32)34-24(4,5)6/h9-10,13,18,20,28H,8,11-12,14H2,1-7H3,(H,25,30)(H,26,32). The van der Waals surface area contributed by atoms with E-state index in [9.17, 15) is 24.3 Å². The van der Waals surface area contributed by atoms with Crippen LogP contribution in [-0.2, 0) is 23.9 Å². The molecule has 0 saturated carbocycles. The number of aryl methyl sites for hydroxylation is 2. The summed E-state index contributed by atoms with van der Waals surface area (Å²) in [6, 6.07) is 2.98. The molecule has 1 aromatic carbocycles. The van der Waals surface area contributed by atoms with Crippen LogP contribution in [-0.4, -0.2) is 72.3 Å². The average molecular weight is 480 g/mol. The van der Waals surface area contributed by atoms with Crippen molar-refractivity contribution < 1.29 is 33.8 Å². The Morgan fingerprint density at radius 3 is 2.29 bits per heavy atom. The Labute approximate surface area is 201 Å². The van der Waals surface area contributed by atoms with Gasteiger partial charge in [0.25, 0.3) is 0 Å². The molecule has 0 heterocycles. The quantitative estimate of drug-likeness (QED) is 0.435. The largest absolute Gasteiger partial charge is 0.466 e. The summed E-state index contributed by atoms with van der Waals surface area (Å²) in [5, 5.41) is 14.8. The number of carbonyl (C=O) groups excluding carboxylic acids is 4. The third-order valence-corrected chi connectivity index (χ3v) is 4.94. The van der Waals surface area contributed by atoms with E-state index in [1.165, 1.54) is 7.05 Å². The van der Waals surface area contributed by atoms with Gasteiger partial charge in [-0.1, -0.05) is 18.2 Å². The van der Waals surface area contributed by atoms with Crippen LogP contribution in [0.2, 0.25) is 0 Å². The SMILES string of the molecule is CCOC(=O)CCNC(=O)C(c1ccc(C)c(C)c1)N(C)C(=O)C(CO)NC(=O)OC(C)(C)C. The first kappa shape index (κ1) is 28.9. The molecule has 2 unspecified atom stereocenters. The minimum Gasteiger partial charge on any atom is -0.466 e. The summed E-state index contributed by atoms with van der Waals surface area (Å²) >= 11 is 0. The van der Waals surface area contributed by atoms with Crippen LogP contribution in [0.4, 0.5) is 4.79 Å². The van der Waals surface area contributed by atoms with Crippen molar-refractivity contribution in [1.29, 1.82) is 0 Å². The first-order valence-corrected chi connectivity index (χ1v) is 11.2. The van der Waals surface area contributed by atoms with Crippen LogP contribution in [0.15, 0.2) is 18.2 Å². The summed E-state index contributed by atoms with van der Waals surface area (Å²) in [7, 11) is 1.41. The Morgan fingerprint density at radius 1 is 1.12 bits per heavy atom. The minimum atomic E-state index is -1.32. The molecule has 0 aliphatic heterocycles. The number of hydrogen-bond donors (Lipinski definition) is 3. The van der Waals surface area contributed by atoms with E-state index >= 15 is 0 Å². The van der Waals surface area contributed by atoms with Crippen LogP contribution >= 0.6 is 0 Å². The lowest BCUT2D eigenvalue weighted by Gasteiger charge is -2.31. The van der Waals surface area contributed by atoms with Gasteiger partial charge in [-0.05, 0) is 58.2 Å². The van der Waals surface area contributed by atoms with Gasteiger partial charge in [-0.15, -0.1) is 0 Å². The van der Waals surface area contributed by atoms with Gasteiger partial charge in [-0.25, -0.2) is 4.79 Å². The highest BCUT2D eigenvalue weighted by atomic mass is 16.6. The molecule has 0 aliphatic carbocycles. The van der Waals surface area contributed by atoms with Gasteiger partial charge in [-0.3, -0.25) is 14.4 Å². The predicted molar refractivity (Wildman–Crippen MR) is 126 cm³/mol. The summed E-state index contributed by atoms with van der Waals surface area (Å²) in [6.45, 7) is 10.1. The van der Waals surface area contributed by atoms with E-state index in [4.69, 9.17) is 9.47 Å². The summed E-state index contributed by atoms with van der Waals surface area (Å²) in [5.74, 6) is -1.65. The topological polar surface area (TPSA) is 134 Å². The number of esters is 1. The first-order chi connectivity index (χ1) is 15.8. The maximum atomic E-state index is 13.2. The predicted octanol–water partition coefficient (Wildman–Crippen LogP) is 1.76. The van der Waals surface area contributed by atoms with Crippen molar-refractivity contribution in [3.05, 3.63) is 34.9 Å². The fraction of sp³-hybridized carbons (Fsp3) is 0.583. The molecular formula is C24H37N3O7. The van der Waals surface area contributed by atoms with Gasteiger partial charge in [0.1, 0.15) is 17.7 Å². The Bertz CT molecular complexity index is 880. The lowest BCUT2D eigenvalue weighted by Crippen LogP contribution is -2.53. The Kier molecular flexibility index (Phi) is 11.0. The molecule has 0 radical (unpaired) electrons. The number of aliphatic hydroxyl groups is 1. The number of hydrogen-bond acceptors (Lipinski definition) is 7. The first-order valence-electron chi connectivity index (χ1n) is 11.2. The molecule has 3 amide bonds. The van der Waals surface area contributed by atoms with Gasteiger partial charge >= 0.3 is 12.1 Å². The van der Waals surface area contributed by atoms with E-state index in [0.29, 0.717) is 5.56 Å². The van der Waals surface area contributed by atoms with Crippen molar-refractivity contribution in [2.75, 3.05) is 26.8 Å². The number of amides is 3. The molecule has 0 spiro atoms. The van der Waals surface area contributed by atoms with Crippen molar-refractivity contribution in [2.45, 2.75) is 65.6 Å². The maximum absolute atomic E-state index is 13.2. The molecule has 2 atom stereocenters. The highest BCUT2D eigenvalue weighted by Crippen LogP contribution is 2.23. The molecule has 1 aromatic rings. The fourth-order valence-electron chi connectivity index (χ4n) is 3.11. The van der Waals surface area contributed by atoms with Crippen LogP contribution in [0.1, 0.15) is 56.8 Å². The Balaban J connectivity index is 3.12. The monoisotopic (exact) mass is 479 g/mol. The maximum Gasteiger partial charge on any atom is 0.408 e. The number of nitrogens with one attached hydrogen (secondary N) is 2. The zero-order chi connectivity index (χ0) is 26.1. The molecule has 34 heavy (non-hydrogen) atoms. The van der Waals surface area contributed by atoms with Crippen LogP contribution in [0.5, 0.6) is 0 Å². The molecule has 0 aromatic heterocycles. The number of benzene rings is 1. The van der Waals surface area contributed by atoms with E-state index in [0.717, 1.165) is 16.0 Å². The molecular weight excluding hydrogens is 442 g/mol. The number of likely N-dealkylation sites (N-methyl/N-ethyl adjacent to an activating group) is 1. The van der Waals surface area contributed by atoms with Crippen molar-refractivity contribution in [3.63, 3.8) is 0 Å². The van der Waals surface area contributed by atoms with Crippen LogP contribution in [0, 0.1) is 13.8 Å². The van der Waals surface area contributed by atoms with E-state index in [2.05, 4.69) is 10.6 Å². The molecule has 3 N–H and O–H groups in total. The smallest absolute Gasteiger partial charge is 0.408 e. The van der Waals surface area contributed by atoms with Gasteiger partial charge in [-0.2, -0.15) is 0 Å². The third-order valence-electron chi connectivity index (χ3n) is 4.94. The van der Waals surface area contributed by atoms with Gasteiger partial charge in [0.05, 0.1) is 19.6 Å². The number of carbonyl (C=O) groups is 4. The number of alkyl carbamates (subject to hydrolysis) is 1. The lowest BCUT2D eigenvalue weighted by molar-refractivity contribution is -0.144. The summed E-state index contributed by atoms with van der Waals surface area (Å²) in [5.41, 5.74) is 1.69. The zero-order valence-corrected chi connectivity index (χ0v) is 21.1. The molecule has 10 nitrogen and oxygen atoms in total. The average Bonchev–Trinajstić information content (AvgIpc) is 2.73. The van der Waals surface area contributed by atoms with Crippen LogP contribution in [0.25, 0.3) is 0 Å². The normalized spacial score (nSPS) is 12.8. The summed E-state index contributed by atoms with van der Waals surface area (Å²) in [6.07, 6.45) is -0.883. The zero-order valence-electron chi connectivity index (χ0n) is 21.1. The van der Waals surface area contributed by atoms with Gasteiger partial charge < -0.3 is 30.1 Å². The van der Waals surface area contributed by atoms with Crippen LogP contribution in [0.3, 0.4) is 0 Å². The number of rotatable bonds is 10. The van der Waals surface area contributed by atoms with Crippen molar-refractivity contribution >= 4 is 23.9 Å². The van der Waals surface area contributed by atoms with Crippen molar-refractivity contribution in [1.82, 2.24) is 15.5 Å². The van der Waals surface area contributed by atoms with Gasteiger partial charge in [0.2, 0.25) is 11.8 Å². The van der Waals surface area contributed by atoms with Gasteiger partial charge in [0, 0.05) is 13.6 Å². The minimum absolute atomic E-state index is 0.0175. The molecule has 0 bridgehead atoms. The highest BCUT2D eigenvalue weighted by molar-refractivity contribution is 5.92. The second kappa shape index (κ2) is 12.9.